The van der Waals surface area contributed by atoms with Gasteiger partial charge in [0, 0.05) is 32.7 Å². The van der Waals surface area contributed by atoms with E-state index in [1.54, 1.807) is 0 Å². The average molecular weight is 294 g/mol. The molecule has 1 atom stereocenters. The van der Waals surface area contributed by atoms with Gasteiger partial charge in [-0.2, -0.15) is 0 Å². The molecule has 1 aromatic rings. The Hall–Kier alpha value is -1.01. The van der Waals surface area contributed by atoms with E-state index < -0.39 is 0 Å². The Bertz CT molecular complexity index is 408. The summed E-state index contributed by atoms with van der Waals surface area (Å²) >= 11 is 0. The lowest BCUT2D eigenvalue weighted by Crippen LogP contribution is -2.47. The third-order valence-electron chi connectivity index (χ3n) is 4.46. The number of piperazine rings is 1. The molecule has 1 aliphatic rings. The molecule has 0 N–H and O–H groups in total. The van der Waals surface area contributed by atoms with Crippen LogP contribution in [0.1, 0.15) is 52.4 Å². The molecule has 1 saturated heterocycles. The van der Waals surface area contributed by atoms with Crippen molar-refractivity contribution in [3.05, 3.63) is 5.82 Å². The minimum atomic E-state index is 0.353. The molecule has 0 saturated carbocycles. The molecule has 0 spiro atoms. The molecule has 1 fully saturated rings. The van der Waals surface area contributed by atoms with Gasteiger partial charge in [-0.15, -0.1) is 5.10 Å². The van der Waals surface area contributed by atoms with Gasteiger partial charge in [-0.3, -0.25) is 4.90 Å². The van der Waals surface area contributed by atoms with E-state index in [0.717, 1.165) is 57.9 Å². The molecule has 0 bridgehead atoms. The van der Waals surface area contributed by atoms with Gasteiger partial charge in [-0.1, -0.05) is 27.7 Å². The van der Waals surface area contributed by atoms with Crippen molar-refractivity contribution < 1.29 is 0 Å². The van der Waals surface area contributed by atoms with Crippen molar-refractivity contribution in [2.24, 2.45) is 5.92 Å². The van der Waals surface area contributed by atoms with Gasteiger partial charge in [0.2, 0.25) is 0 Å². The maximum atomic E-state index is 4.33. The molecular weight excluding hydrogens is 264 g/mol. The first kappa shape index (κ1) is 16.4. The summed E-state index contributed by atoms with van der Waals surface area (Å²) in [7, 11) is 0. The fourth-order valence-corrected chi connectivity index (χ4v) is 2.99. The highest BCUT2D eigenvalue weighted by Crippen LogP contribution is 2.23. The third kappa shape index (κ3) is 4.23. The smallest absolute Gasteiger partial charge is 0.168 e. The van der Waals surface area contributed by atoms with E-state index in [2.05, 4.69) is 53.0 Å². The van der Waals surface area contributed by atoms with Crippen LogP contribution in [-0.2, 0) is 6.54 Å². The highest BCUT2D eigenvalue weighted by Gasteiger charge is 2.27. The molecule has 1 unspecified atom stereocenters. The van der Waals surface area contributed by atoms with Gasteiger partial charge in [0.05, 0.1) is 6.04 Å². The van der Waals surface area contributed by atoms with Crippen molar-refractivity contribution in [2.75, 3.05) is 32.7 Å². The van der Waals surface area contributed by atoms with Crippen LogP contribution in [-0.4, -0.2) is 62.7 Å². The molecule has 0 radical (unpaired) electrons. The highest BCUT2D eigenvalue weighted by atomic mass is 15.5. The Labute approximate surface area is 128 Å². The van der Waals surface area contributed by atoms with Crippen LogP contribution < -0.4 is 0 Å². The predicted molar refractivity (Wildman–Crippen MR) is 84.0 cm³/mol. The normalized spacial score (nSPS) is 19.3. The quantitative estimate of drug-likeness (QED) is 0.767. The Balaban J connectivity index is 2.02. The van der Waals surface area contributed by atoms with Crippen LogP contribution >= 0.6 is 0 Å². The number of rotatable bonds is 7. The van der Waals surface area contributed by atoms with Gasteiger partial charge >= 0.3 is 0 Å². The Morgan fingerprint density at radius 1 is 1.10 bits per heavy atom. The molecule has 2 rings (SSSR count). The molecule has 0 amide bonds. The number of hydrogen-bond donors (Lipinski definition) is 0. The second kappa shape index (κ2) is 7.84. The Morgan fingerprint density at radius 2 is 1.81 bits per heavy atom. The summed E-state index contributed by atoms with van der Waals surface area (Å²) in [5, 5.41) is 12.4. The molecule has 6 nitrogen and oxygen atoms in total. The maximum Gasteiger partial charge on any atom is 0.168 e. The van der Waals surface area contributed by atoms with Crippen molar-refractivity contribution in [1.29, 1.82) is 0 Å². The number of nitrogens with zero attached hydrogens (tertiary/aromatic N) is 6. The zero-order chi connectivity index (χ0) is 15.2. The van der Waals surface area contributed by atoms with Crippen molar-refractivity contribution in [3.63, 3.8) is 0 Å². The predicted octanol–water partition coefficient (Wildman–Crippen LogP) is 1.81. The summed E-state index contributed by atoms with van der Waals surface area (Å²) in [4.78, 5) is 5.05. The molecule has 120 valence electrons. The fourth-order valence-electron chi connectivity index (χ4n) is 2.99. The average Bonchev–Trinajstić information content (AvgIpc) is 2.95. The van der Waals surface area contributed by atoms with E-state index in [9.17, 15) is 0 Å². The lowest BCUT2D eigenvalue weighted by Gasteiger charge is -2.38. The van der Waals surface area contributed by atoms with Crippen molar-refractivity contribution >= 4 is 0 Å². The Kier molecular flexibility index (Phi) is 6.11. The molecule has 2 heterocycles. The van der Waals surface area contributed by atoms with Crippen molar-refractivity contribution in [1.82, 2.24) is 30.0 Å². The monoisotopic (exact) mass is 294 g/mol. The van der Waals surface area contributed by atoms with Gasteiger partial charge in [0.15, 0.2) is 5.82 Å². The zero-order valence-electron chi connectivity index (χ0n) is 14.0. The summed E-state index contributed by atoms with van der Waals surface area (Å²) in [6, 6.07) is 0.353. The molecule has 1 aliphatic heterocycles. The topological polar surface area (TPSA) is 50.1 Å². The third-order valence-corrected chi connectivity index (χ3v) is 4.46. The van der Waals surface area contributed by atoms with Crippen LogP contribution in [0.5, 0.6) is 0 Å². The molecule has 1 aromatic heterocycles. The second-order valence-electron chi connectivity index (χ2n) is 6.34. The summed E-state index contributed by atoms with van der Waals surface area (Å²) in [6.07, 6.45) is 2.19. The van der Waals surface area contributed by atoms with Crippen LogP contribution in [0.3, 0.4) is 0 Å². The van der Waals surface area contributed by atoms with Gasteiger partial charge in [-0.25, -0.2) is 4.68 Å². The largest absolute Gasteiger partial charge is 0.301 e. The van der Waals surface area contributed by atoms with Crippen LogP contribution in [0.15, 0.2) is 0 Å². The summed E-state index contributed by atoms with van der Waals surface area (Å²) < 4.78 is 2.01. The molecule has 0 aliphatic carbocycles. The molecular formula is C15H30N6. The minimum absolute atomic E-state index is 0.353. The lowest BCUT2D eigenvalue weighted by molar-refractivity contribution is 0.0911. The van der Waals surface area contributed by atoms with E-state index in [1.807, 2.05) is 4.68 Å². The van der Waals surface area contributed by atoms with Crippen LogP contribution in [0, 0.1) is 5.92 Å². The number of hydrogen-bond acceptors (Lipinski definition) is 5. The maximum absolute atomic E-state index is 4.33. The fraction of sp³-hybridized carbons (Fsp3) is 0.933. The van der Waals surface area contributed by atoms with E-state index in [4.69, 9.17) is 0 Å². The first-order chi connectivity index (χ1) is 10.2. The highest BCUT2D eigenvalue weighted by molar-refractivity contribution is 4.94. The van der Waals surface area contributed by atoms with E-state index >= 15 is 0 Å². The summed E-state index contributed by atoms with van der Waals surface area (Å²) in [6.45, 7) is 15.6. The molecule has 21 heavy (non-hydrogen) atoms. The summed E-state index contributed by atoms with van der Waals surface area (Å²) in [5.41, 5.74) is 0. The zero-order valence-corrected chi connectivity index (χ0v) is 14.0. The minimum Gasteiger partial charge on any atom is -0.301 e. The van der Waals surface area contributed by atoms with Gasteiger partial charge in [0.25, 0.3) is 0 Å². The molecule has 6 heteroatoms. The van der Waals surface area contributed by atoms with Crippen LogP contribution in [0.25, 0.3) is 0 Å². The van der Waals surface area contributed by atoms with E-state index in [-0.39, 0.29) is 0 Å². The Morgan fingerprint density at radius 3 is 2.38 bits per heavy atom. The SMILES string of the molecule is CCC(c1nnnn1CCC(C)C)N1CCN(CC)CC1. The number of aryl methyl sites for hydroxylation is 1. The molecule has 0 aromatic carbocycles. The van der Waals surface area contributed by atoms with Crippen LogP contribution in [0.2, 0.25) is 0 Å². The van der Waals surface area contributed by atoms with Gasteiger partial charge in [0.1, 0.15) is 0 Å². The van der Waals surface area contributed by atoms with Gasteiger partial charge in [-0.05, 0) is 35.7 Å². The first-order valence-electron chi connectivity index (χ1n) is 8.38. The standard InChI is InChI=1S/C15H30N6/c1-5-14(20-11-9-19(6-2)10-12-20)15-16-17-18-21(15)8-7-13(3)4/h13-14H,5-12H2,1-4H3. The lowest BCUT2D eigenvalue weighted by atomic mass is 10.1. The number of tetrazole rings is 1. The first-order valence-corrected chi connectivity index (χ1v) is 8.38. The second-order valence-corrected chi connectivity index (χ2v) is 6.34. The summed E-state index contributed by atoms with van der Waals surface area (Å²) in [5.74, 6) is 1.72. The van der Waals surface area contributed by atoms with Crippen LogP contribution in [0.4, 0.5) is 0 Å². The van der Waals surface area contributed by atoms with Crippen molar-refractivity contribution in [3.8, 4) is 0 Å². The number of likely N-dealkylation sites (N-methyl/N-ethyl adjacent to an activating group) is 1. The van der Waals surface area contributed by atoms with E-state index in [0.29, 0.717) is 12.0 Å². The van der Waals surface area contributed by atoms with Crippen molar-refractivity contribution in [2.45, 2.75) is 53.1 Å². The van der Waals surface area contributed by atoms with E-state index in [1.165, 1.54) is 0 Å². The van der Waals surface area contributed by atoms with Gasteiger partial charge < -0.3 is 4.90 Å². The number of aromatic nitrogens is 4.